The van der Waals surface area contributed by atoms with E-state index in [0.29, 0.717) is 15.8 Å². The molecule has 2 aromatic rings. The summed E-state index contributed by atoms with van der Waals surface area (Å²) in [5, 5.41) is 8.64. The van der Waals surface area contributed by atoms with E-state index < -0.39 is 11.8 Å². The summed E-state index contributed by atoms with van der Waals surface area (Å²) in [4.78, 5) is 10.6. The fourth-order valence-electron chi connectivity index (χ4n) is 1.56. The van der Waals surface area contributed by atoms with Crippen molar-refractivity contribution < 1.29 is 19.0 Å². The van der Waals surface area contributed by atoms with Crippen molar-refractivity contribution in [1.82, 2.24) is 0 Å². The average Bonchev–Trinajstić information content (AvgIpc) is 2.41. The summed E-state index contributed by atoms with van der Waals surface area (Å²) in [6, 6.07) is 11.3. The smallest absolute Gasteiger partial charge is 0.328 e. The highest BCUT2D eigenvalue weighted by Gasteiger charge is 2.11. The summed E-state index contributed by atoms with van der Waals surface area (Å²) in [6.07, 6.45) is 2.22. The Morgan fingerprint density at radius 3 is 2.65 bits per heavy atom. The Morgan fingerprint density at radius 2 is 1.95 bits per heavy atom. The third-order valence-electron chi connectivity index (χ3n) is 2.45. The van der Waals surface area contributed by atoms with Gasteiger partial charge in [-0.25, -0.2) is 9.18 Å². The molecule has 0 spiro atoms. The second-order valence-corrected chi connectivity index (χ2v) is 4.72. The highest BCUT2D eigenvalue weighted by atomic mass is 79.9. The van der Waals surface area contributed by atoms with Crippen LogP contribution >= 0.6 is 15.9 Å². The lowest BCUT2D eigenvalue weighted by atomic mass is 10.1. The Morgan fingerprint density at radius 1 is 1.20 bits per heavy atom. The molecule has 0 radical (unpaired) electrons. The second kappa shape index (κ2) is 6.34. The van der Waals surface area contributed by atoms with Gasteiger partial charge in [0.25, 0.3) is 0 Å². The molecule has 0 bridgehead atoms. The number of carboxylic acids is 1. The average molecular weight is 337 g/mol. The van der Waals surface area contributed by atoms with Gasteiger partial charge in [-0.3, -0.25) is 0 Å². The van der Waals surface area contributed by atoms with Crippen LogP contribution in [-0.2, 0) is 4.79 Å². The molecule has 0 heterocycles. The van der Waals surface area contributed by atoms with Gasteiger partial charge in [-0.2, -0.15) is 0 Å². The molecule has 0 unspecified atom stereocenters. The minimum atomic E-state index is -1.11. The molecule has 3 nitrogen and oxygen atoms in total. The summed E-state index contributed by atoms with van der Waals surface area (Å²) >= 11 is 3.31. The Balaban J connectivity index is 2.40. The van der Waals surface area contributed by atoms with Crippen LogP contribution in [0.1, 0.15) is 5.56 Å². The van der Waals surface area contributed by atoms with Gasteiger partial charge in [-0.1, -0.05) is 24.3 Å². The standard InChI is InChI=1S/C15H10BrFO3/c16-11-5-1-2-7-13(11)20-15-10(8-9-14(18)19)4-3-6-12(15)17/h1-9H,(H,18,19)/b9-8+. The van der Waals surface area contributed by atoms with Crippen molar-refractivity contribution >= 4 is 28.0 Å². The predicted molar refractivity (Wildman–Crippen MR) is 77.3 cm³/mol. The Bertz CT molecular complexity index is 668. The number of rotatable bonds is 4. The number of halogens is 2. The molecule has 1 N–H and O–H groups in total. The van der Waals surface area contributed by atoms with Crippen LogP contribution < -0.4 is 4.74 Å². The molecule has 2 rings (SSSR count). The van der Waals surface area contributed by atoms with Crippen molar-refractivity contribution in [2.75, 3.05) is 0 Å². The van der Waals surface area contributed by atoms with Crippen molar-refractivity contribution in [1.29, 1.82) is 0 Å². The van der Waals surface area contributed by atoms with Crippen LogP contribution in [0.4, 0.5) is 4.39 Å². The number of carbonyl (C=O) groups is 1. The zero-order valence-corrected chi connectivity index (χ0v) is 11.8. The Labute approximate surface area is 123 Å². The number of para-hydroxylation sites is 2. The molecule has 0 atom stereocenters. The lowest BCUT2D eigenvalue weighted by Gasteiger charge is -2.11. The summed E-state index contributed by atoms with van der Waals surface area (Å²) in [6.45, 7) is 0. The van der Waals surface area contributed by atoms with Gasteiger partial charge >= 0.3 is 5.97 Å². The molecular weight excluding hydrogens is 327 g/mol. The van der Waals surface area contributed by atoms with Crippen LogP contribution in [0.25, 0.3) is 6.08 Å². The highest BCUT2D eigenvalue weighted by Crippen LogP contribution is 2.33. The second-order valence-electron chi connectivity index (χ2n) is 3.86. The molecule has 0 saturated carbocycles. The number of aliphatic carboxylic acids is 1. The number of benzene rings is 2. The van der Waals surface area contributed by atoms with Crippen LogP contribution in [0.5, 0.6) is 11.5 Å². The first-order valence-corrected chi connectivity index (χ1v) is 6.49. The van der Waals surface area contributed by atoms with E-state index in [0.717, 1.165) is 6.08 Å². The molecule has 0 amide bonds. The quantitative estimate of drug-likeness (QED) is 0.837. The molecule has 102 valence electrons. The first-order chi connectivity index (χ1) is 9.58. The van der Waals surface area contributed by atoms with Crippen LogP contribution in [0.2, 0.25) is 0 Å². The maximum Gasteiger partial charge on any atom is 0.328 e. The molecule has 0 saturated heterocycles. The van der Waals surface area contributed by atoms with Gasteiger partial charge in [-0.15, -0.1) is 0 Å². The monoisotopic (exact) mass is 336 g/mol. The number of carboxylic acid groups (broad SMARTS) is 1. The van der Waals surface area contributed by atoms with E-state index >= 15 is 0 Å². The molecule has 20 heavy (non-hydrogen) atoms. The van der Waals surface area contributed by atoms with Crippen molar-refractivity contribution in [2.24, 2.45) is 0 Å². The molecule has 0 aliphatic heterocycles. The van der Waals surface area contributed by atoms with Gasteiger partial charge < -0.3 is 9.84 Å². The zero-order valence-electron chi connectivity index (χ0n) is 10.2. The normalized spacial score (nSPS) is 10.7. The Hall–Kier alpha value is -2.14. The molecule has 2 aromatic carbocycles. The van der Waals surface area contributed by atoms with E-state index in [1.165, 1.54) is 18.2 Å². The van der Waals surface area contributed by atoms with Gasteiger partial charge in [0.15, 0.2) is 11.6 Å². The third-order valence-corrected chi connectivity index (χ3v) is 3.11. The first kappa shape index (κ1) is 14.3. The summed E-state index contributed by atoms with van der Waals surface area (Å²) in [5.41, 5.74) is 0.350. The molecule has 0 aromatic heterocycles. The van der Waals surface area contributed by atoms with Crippen molar-refractivity contribution in [3.05, 3.63) is 64.4 Å². The van der Waals surface area contributed by atoms with E-state index in [2.05, 4.69) is 15.9 Å². The van der Waals surface area contributed by atoms with E-state index in [-0.39, 0.29) is 5.75 Å². The number of ether oxygens (including phenoxy) is 1. The lowest BCUT2D eigenvalue weighted by Crippen LogP contribution is -1.93. The van der Waals surface area contributed by atoms with Crippen LogP contribution in [0, 0.1) is 5.82 Å². The van der Waals surface area contributed by atoms with E-state index in [1.54, 1.807) is 24.3 Å². The lowest BCUT2D eigenvalue weighted by molar-refractivity contribution is -0.131. The van der Waals surface area contributed by atoms with Gasteiger partial charge in [0.2, 0.25) is 0 Å². The first-order valence-electron chi connectivity index (χ1n) is 5.70. The van der Waals surface area contributed by atoms with E-state index in [1.807, 2.05) is 6.07 Å². The summed E-state index contributed by atoms with van der Waals surface area (Å²) in [7, 11) is 0. The van der Waals surface area contributed by atoms with Gasteiger partial charge in [0.05, 0.1) is 4.47 Å². The molecule has 0 aliphatic rings. The summed E-state index contributed by atoms with van der Waals surface area (Å²) < 4.78 is 20.1. The zero-order chi connectivity index (χ0) is 14.5. The van der Waals surface area contributed by atoms with Crippen molar-refractivity contribution in [3.8, 4) is 11.5 Å². The molecule has 0 fully saturated rings. The topological polar surface area (TPSA) is 46.5 Å². The fraction of sp³-hybridized carbons (Fsp3) is 0. The van der Waals surface area contributed by atoms with Crippen LogP contribution in [-0.4, -0.2) is 11.1 Å². The minimum absolute atomic E-state index is 0.0168. The molecular formula is C15H10BrFO3. The summed E-state index contributed by atoms with van der Waals surface area (Å²) in [5.74, 6) is -1.24. The van der Waals surface area contributed by atoms with Crippen LogP contribution in [0.15, 0.2) is 53.0 Å². The van der Waals surface area contributed by atoms with Gasteiger partial charge in [0.1, 0.15) is 5.75 Å². The van der Waals surface area contributed by atoms with E-state index in [4.69, 9.17) is 9.84 Å². The molecule has 5 heteroatoms. The largest absolute Gasteiger partial charge is 0.478 e. The molecule has 0 aliphatic carbocycles. The Kier molecular flexibility index (Phi) is 4.53. The van der Waals surface area contributed by atoms with Gasteiger partial charge in [0, 0.05) is 11.6 Å². The van der Waals surface area contributed by atoms with Crippen molar-refractivity contribution in [3.63, 3.8) is 0 Å². The van der Waals surface area contributed by atoms with Crippen LogP contribution in [0.3, 0.4) is 0 Å². The maximum absolute atomic E-state index is 13.9. The van der Waals surface area contributed by atoms with Crippen molar-refractivity contribution in [2.45, 2.75) is 0 Å². The fourth-order valence-corrected chi connectivity index (χ4v) is 1.93. The number of hydrogen-bond acceptors (Lipinski definition) is 2. The highest BCUT2D eigenvalue weighted by molar-refractivity contribution is 9.10. The minimum Gasteiger partial charge on any atom is -0.478 e. The predicted octanol–water partition coefficient (Wildman–Crippen LogP) is 4.48. The van der Waals surface area contributed by atoms with Gasteiger partial charge in [-0.05, 0) is 40.2 Å². The SMILES string of the molecule is O=C(O)/C=C/c1cccc(F)c1Oc1ccccc1Br. The number of hydrogen-bond donors (Lipinski definition) is 1. The van der Waals surface area contributed by atoms with E-state index in [9.17, 15) is 9.18 Å². The maximum atomic E-state index is 13.9. The third kappa shape index (κ3) is 3.45.